The van der Waals surface area contributed by atoms with E-state index in [9.17, 15) is 0 Å². The normalized spacial score (nSPS) is 1.50. The van der Waals surface area contributed by atoms with Crippen LogP contribution >= 0.6 is 28.9 Å². The molecule has 0 rings (SSSR count). The zero-order chi connectivity index (χ0) is 2.00. The SMILES string of the molecule is Br.FCl.[BaH2]. The minimum atomic E-state index is 0. The Bertz CT molecular complexity index is 8.00. The zero-order valence-electron chi connectivity index (χ0n) is 1.16. The molecule has 0 aliphatic heterocycles. The molecule has 0 aromatic heterocycles. The van der Waals surface area contributed by atoms with Crippen LogP contribution in [-0.2, 0) is 0 Å². The molecule has 0 saturated heterocycles. The molecule has 0 heterocycles. The summed E-state index contributed by atoms with van der Waals surface area (Å²) >= 11 is 3.14. The maximum absolute atomic E-state index is 8.97. The quantitative estimate of drug-likeness (QED) is 0.573. The first-order chi connectivity index (χ1) is 1.00. The number of hydrogen-bond acceptors (Lipinski definition) is 0. The van der Waals surface area contributed by atoms with Crippen LogP contribution in [0.1, 0.15) is 0 Å². The Labute approximate surface area is 80.2 Å². The molecule has 4 heteroatoms. The molecule has 0 spiro atoms. The average Bonchev–Trinajstić information content (AvgIpc) is 1.00. The van der Waals surface area contributed by atoms with Crippen molar-refractivity contribution >= 4 is 77.8 Å². The van der Waals surface area contributed by atoms with Crippen molar-refractivity contribution in [3.05, 3.63) is 0 Å². The van der Waals surface area contributed by atoms with Crippen LogP contribution in [0, 0.1) is 0 Å². The summed E-state index contributed by atoms with van der Waals surface area (Å²) in [4.78, 5) is 0. The Morgan fingerprint density at radius 1 is 1.25 bits per heavy atom. The Morgan fingerprint density at radius 3 is 1.25 bits per heavy atom. The molecule has 0 amide bonds. The van der Waals surface area contributed by atoms with E-state index in [1.54, 1.807) is 0 Å². The number of hydrogen-bond donors (Lipinski definition) is 0. The van der Waals surface area contributed by atoms with Crippen LogP contribution in [0.3, 0.4) is 0 Å². The summed E-state index contributed by atoms with van der Waals surface area (Å²) in [7, 11) is 0. The fraction of sp³-hybridized carbons (Fsp3) is 0. The predicted molar refractivity (Wildman–Crippen MR) is 25.8 cm³/mol. The molecule has 0 N–H and O–H groups in total. The molecule has 0 fully saturated rings. The van der Waals surface area contributed by atoms with Gasteiger partial charge in [0, 0.05) is 0 Å². The van der Waals surface area contributed by atoms with Crippen LogP contribution in [0.4, 0.5) is 3.98 Å². The van der Waals surface area contributed by atoms with Gasteiger partial charge in [-0.25, -0.2) is 0 Å². The van der Waals surface area contributed by atoms with E-state index in [4.69, 9.17) is 3.98 Å². The number of rotatable bonds is 0. The van der Waals surface area contributed by atoms with E-state index >= 15 is 0 Å². The van der Waals surface area contributed by atoms with Gasteiger partial charge in [-0.15, -0.1) is 21.0 Å². The molecular weight excluding hydrogens is 272 g/mol. The van der Waals surface area contributed by atoms with Gasteiger partial charge in [0.15, 0.2) is 0 Å². The summed E-state index contributed by atoms with van der Waals surface area (Å²) in [5.41, 5.74) is 0. The van der Waals surface area contributed by atoms with Gasteiger partial charge in [0.05, 0.1) is 0 Å². The summed E-state index contributed by atoms with van der Waals surface area (Å²) in [5, 5.41) is 0. The Hall–Kier alpha value is 2.27. The van der Waals surface area contributed by atoms with E-state index < -0.39 is 0 Å². The monoisotopic (exact) mass is 274 g/mol. The van der Waals surface area contributed by atoms with Crippen LogP contribution in [0.15, 0.2) is 0 Å². The molecule has 0 nitrogen and oxygen atoms in total. The summed E-state index contributed by atoms with van der Waals surface area (Å²) in [6.45, 7) is 0. The molecule has 0 aliphatic carbocycles. The van der Waals surface area contributed by atoms with E-state index in [-0.39, 0.29) is 65.9 Å². The topological polar surface area (TPSA) is 0 Å². The second kappa shape index (κ2) is 18.6. The third-order valence-electron chi connectivity index (χ3n) is 0. The van der Waals surface area contributed by atoms with E-state index in [0.29, 0.717) is 0 Å². The van der Waals surface area contributed by atoms with Gasteiger partial charge in [-0.05, 0) is 0 Å². The van der Waals surface area contributed by atoms with E-state index in [1.165, 1.54) is 0 Å². The molecule has 0 unspecified atom stereocenters. The van der Waals surface area contributed by atoms with Crippen LogP contribution in [0.5, 0.6) is 0 Å². The van der Waals surface area contributed by atoms with E-state index in [0.717, 1.165) is 0 Å². The van der Waals surface area contributed by atoms with Crippen LogP contribution in [-0.4, -0.2) is 48.9 Å². The third kappa shape index (κ3) is 8.86. The van der Waals surface area contributed by atoms with Gasteiger partial charge in [0.25, 0.3) is 0 Å². The Kier molecular flexibility index (Phi) is 75.9. The average molecular weight is 275 g/mol. The van der Waals surface area contributed by atoms with Gasteiger partial charge in [-0.3, -0.25) is 0 Å². The third-order valence-corrected chi connectivity index (χ3v) is 0. The second-order valence-electron chi connectivity index (χ2n) is 0. The molecule has 0 bridgehead atoms. The van der Waals surface area contributed by atoms with Crippen molar-refractivity contribution in [2.45, 2.75) is 0 Å². The second-order valence-corrected chi connectivity index (χ2v) is 0. The summed E-state index contributed by atoms with van der Waals surface area (Å²) in [5.74, 6) is 0. The van der Waals surface area contributed by atoms with Crippen molar-refractivity contribution in [1.82, 2.24) is 0 Å². The van der Waals surface area contributed by atoms with Crippen molar-refractivity contribution in [3.63, 3.8) is 0 Å². The van der Waals surface area contributed by atoms with Gasteiger partial charge in [0.1, 0.15) is 12.0 Å². The zero-order valence-corrected chi connectivity index (χ0v) is 3.63. The molecule has 26 valence electrons. The Morgan fingerprint density at radius 2 is 1.25 bits per heavy atom. The van der Waals surface area contributed by atoms with Crippen LogP contribution in [0.25, 0.3) is 0 Å². The van der Waals surface area contributed by atoms with Crippen molar-refractivity contribution in [1.29, 1.82) is 0 Å². The minimum absolute atomic E-state index is 0. The fourth-order valence-electron chi connectivity index (χ4n) is 0. The van der Waals surface area contributed by atoms with Gasteiger partial charge >= 0.3 is 48.9 Å². The van der Waals surface area contributed by atoms with Crippen molar-refractivity contribution < 1.29 is 3.98 Å². The van der Waals surface area contributed by atoms with Crippen molar-refractivity contribution in [2.24, 2.45) is 0 Å². The van der Waals surface area contributed by atoms with Crippen LogP contribution < -0.4 is 0 Å². The van der Waals surface area contributed by atoms with Gasteiger partial charge in [-0.1, -0.05) is 0 Å². The van der Waals surface area contributed by atoms with E-state index in [1.807, 2.05) is 0 Å². The molecule has 0 radical (unpaired) electrons. The summed E-state index contributed by atoms with van der Waals surface area (Å²) < 4.78 is 8.97. The first kappa shape index (κ1) is 16.3. The van der Waals surface area contributed by atoms with Crippen molar-refractivity contribution in [3.8, 4) is 0 Å². The van der Waals surface area contributed by atoms with Crippen molar-refractivity contribution in [2.75, 3.05) is 0 Å². The predicted octanol–water partition coefficient (Wildman–Crippen LogP) is 0.771. The molecule has 0 aliphatic rings. The maximum atomic E-state index is 8.97. The fourth-order valence-corrected chi connectivity index (χ4v) is 0. The van der Waals surface area contributed by atoms with Gasteiger partial charge < -0.3 is 0 Å². The van der Waals surface area contributed by atoms with Gasteiger partial charge in [-0.2, -0.15) is 0 Å². The first-order valence-corrected chi connectivity index (χ1v) is 0.429. The van der Waals surface area contributed by atoms with E-state index in [2.05, 4.69) is 12.0 Å². The standard InChI is InChI=1S/Ba.BrH.ClF.2H/c;;1-2;;/h;1H;;;. The number of halogens is 3. The molecule has 0 saturated carbocycles. The molecular formula is H3BaBrClF. The summed E-state index contributed by atoms with van der Waals surface area (Å²) in [6, 6.07) is 0. The molecule has 0 aromatic carbocycles. The molecule has 0 atom stereocenters. The van der Waals surface area contributed by atoms with Crippen LogP contribution in [0.2, 0.25) is 0 Å². The molecule has 4 heavy (non-hydrogen) atoms. The van der Waals surface area contributed by atoms with Gasteiger partial charge in [0.2, 0.25) is 0 Å². The first-order valence-electron chi connectivity index (χ1n) is 0.143. The Balaban J connectivity index is -0.00000000500. The molecule has 0 aromatic rings. The summed E-state index contributed by atoms with van der Waals surface area (Å²) in [6.07, 6.45) is 0.